The van der Waals surface area contributed by atoms with Crippen LogP contribution < -0.4 is 15.4 Å². The number of benzene rings is 1. The van der Waals surface area contributed by atoms with Gasteiger partial charge in [-0.25, -0.2) is 0 Å². The second-order valence-electron chi connectivity index (χ2n) is 5.88. The van der Waals surface area contributed by atoms with E-state index < -0.39 is 0 Å². The summed E-state index contributed by atoms with van der Waals surface area (Å²) in [4.78, 5) is 17.9. The molecule has 25 heavy (non-hydrogen) atoms. The second-order valence-corrected chi connectivity index (χ2v) is 5.88. The Morgan fingerprint density at radius 1 is 1.40 bits per heavy atom. The second kappa shape index (κ2) is 11.2. The first kappa shape index (κ1) is 21.5. The first-order valence-corrected chi connectivity index (χ1v) is 8.54. The number of guanidine groups is 1. The number of carbonyl (C=O) groups is 1. The van der Waals surface area contributed by atoms with Crippen molar-refractivity contribution in [1.82, 2.24) is 15.5 Å². The van der Waals surface area contributed by atoms with E-state index in [2.05, 4.69) is 21.7 Å². The molecule has 1 saturated heterocycles. The van der Waals surface area contributed by atoms with Gasteiger partial charge >= 0.3 is 0 Å². The molecule has 6 nitrogen and oxygen atoms in total. The van der Waals surface area contributed by atoms with Crippen molar-refractivity contribution in [3.05, 3.63) is 29.8 Å². The summed E-state index contributed by atoms with van der Waals surface area (Å²) < 4.78 is 5.37. The van der Waals surface area contributed by atoms with Crippen LogP contribution in [0, 0.1) is 0 Å². The van der Waals surface area contributed by atoms with Crippen LogP contribution in [-0.4, -0.2) is 56.6 Å². The van der Waals surface area contributed by atoms with E-state index in [1.165, 1.54) is 5.56 Å². The van der Waals surface area contributed by atoms with Gasteiger partial charge in [-0.2, -0.15) is 0 Å². The number of ether oxygens (including phenoxy) is 1. The molecule has 0 aliphatic carbocycles. The van der Waals surface area contributed by atoms with Crippen molar-refractivity contribution < 1.29 is 9.53 Å². The van der Waals surface area contributed by atoms with Gasteiger partial charge in [-0.3, -0.25) is 9.79 Å². The van der Waals surface area contributed by atoms with Crippen LogP contribution in [0.25, 0.3) is 0 Å². The number of hydrogen-bond acceptors (Lipinski definition) is 3. The molecule has 1 fully saturated rings. The molecule has 0 saturated carbocycles. The smallest absolute Gasteiger partial charge is 0.222 e. The van der Waals surface area contributed by atoms with E-state index in [1.807, 2.05) is 30.0 Å². The molecule has 0 radical (unpaired) electrons. The maximum Gasteiger partial charge on any atom is 0.222 e. The SMILES string of the molecule is CCC(=O)N1CCC(NC(=NC)NCCc2ccccc2OC)C1.I. The predicted molar refractivity (Wildman–Crippen MR) is 112 cm³/mol. The van der Waals surface area contributed by atoms with Gasteiger partial charge in [0.15, 0.2) is 5.96 Å². The summed E-state index contributed by atoms with van der Waals surface area (Å²) in [5, 5.41) is 6.74. The van der Waals surface area contributed by atoms with Crippen LogP contribution in [0.15, 0.2) is 29.3 Å². The van der Waals surface area contributed by atoms with E-state index >= 15 is 0 Å². The van der Waals surface area contributed by atoms with E-state index in [0.717, 1.165) is 44.2 Å². The van der Waals surface area contributed by atoms with E-state index in [9.17, 15) is 4.79 Å². The molecule has 1 aliphatic heterocycles. The number of likely N-dealkylation sites (tertiary alicyclic amines) is 1. The molecular formula is C18H29IN4O2. The molecule has 0 aromatic heterocycles. The lowest BCUT2D eigenvalue weighted by Crippen LogP contribution is -2.45. The Morgan fingerprint density at radius 2 is 2.16 bits per heavy atom. The minimum atomic E-state index is 0. The minimum absolute atomic E-state index is 0. The molecule has 0 bridgehead atoms. The van der Waals surface area contributed by atoms with Crippen LogP contribution in [0.1, 0.15) is 25.3 Å². The Balaban J connectivity index is 0.00000312. The van der Waals surface area contributed by atoms with Gasteiger partial charge in [-0.1, -0.05) is 25.1 Å². The number of nitrogens with zero attached hydrogens (tertiary/aromatic N) is 2. The lowest BCUT2D eigenvalue weighted by atomic mass is 10.1. The number of para-hydroxylation sites is 1. The largest absolute Gasteiger partial charge is 0.496 e. The average Bonchev–Trinajstić information content (AvgIpc) is 3.09. The Morgan fingerprint density at radius 3 is 2.84 bits per heavy atom. The highest BCUT2D eigenvalue weighted by atomic mass is 127. The van der Waals surface area contributed by atoms with Gasteiger partial charge in [0, 0.05) is 39.1 Å². The molecule has 1 aromatic carbocycles. The van der Waals surface area contributed by atoms with E-state index in [1.54, 1.807) is 14.2 Å². The van der Waals surface area contributed by atoms with Crippen molar-refractivity contribution >= 4 is 35.8 Å². The van der Waals surface area contributed by atoms with Gasteiger partial charge in [-0.05, 0) is 24.5 Å². The zero-order chi connectivity index (χ0) is 17.4. The van der Waals surface area contributed by atoms with Crippen LogP contribution in [0.4, 0.5) is 0 Å². The number of nitrogens with one attached hydrogen (secondary N) is 2. The van der Waals surface area contributed by atoms with Gasteiger partial charge in [0.2, 0.25) is 5.91 Å². The molecule has 2 rings (SSSR count). The van der Waals surface area contributed by atoms with Crippen LogP contribution in [0.2, 0.25) is 0 Å². The van der Waals surface area contributed by atoms with E-state index in [-0.39, 0.29) is 35.9 Å². The van der Waals surface area contributed by atoms with Crippen molar-refractivity contribution in [2.45, 2.75) is 32.2 Å². The topological polar surface area (TPSA) is 66.0 Å². The lowest BCUT2D eigenvalue weighted by molar-refractivity contribution is -0.129. The summed E-state index contributed by atoms with van der Waals surface area (Å²) >= 11 is 0. The van der Waals surface area contributed by atoms with Gasteiger partial charge in [0.25, 0.3) is 0 Å². The maximum atomic E-state index is 11.7. The Labute approximate surface area is 167 Å². The fraction of sp³-hybridized carbons (Fsp3) is 0.556. The van der Waals surface area contributed by atoms with Crippen LogP contribution in [-0.2, 0) is 11.2 Å². The van der Waals surface area contributed by atoms with Crippen LogP contribution >= 0.6 is 24.0 Å². The van der Waals surface area contributed by atoms with Crippen molar-refractivity contribution in [3.63, 3.8) is 0 Å². The molecule has 1 unspecified atom stereocenters. The van der Waals surface area contributed by atoms with Crippen molar-refractivity contribution in [2.75, 3.05) is 33.8 Å². The van der Waals surface area contributed by atoms with Gasteiger partial charge in [0.05, 0.1) is 7.11 Å². The Bertz CT molecular complexity index is 580. The van der Waals surface area contributed by atoms with Crippen LogP contribution in [0.3, 0.4) is 0 Å². The number of amides is 1. The number of halogens is 1. The first-order valence-electron chi connectivity index (χ1n) is 8.54. The highest BCUT2D eigenvalue weighted by Crippen LogP contribution is 2.17. The van der Waals surface area contributed by atoms with Crippen LogP contribution in [0.5, 0.6) is 5.75 Å². The number of hydrogen-bond donors (Lipinski definition) is 2. The molecule has 1 aliphatic rings. The summed E-state index contributed by atoms with van der Waals surface area (Å²) in [6.45, 7) is 4.24. The lowest BCUT2D eigenvalue weighted by Gasteiger charge is -2.19. The van der Waals surface area contributed by atoms with Crippen molar-refractivity contribution in [2.24, 2.45) is 4.99 Å². The minimum Gasteiger partial charge on any atom is -0.496 e. The predicted octanol–water partition coefficient (Wildman–Crippen LogP) is 2.03. The highest BCUT2D eigenvalue weighted by Gasteiger charge is 2.25. The molecule has 1 aromatic rings. The third kappa shape index (κ3) is 6.37. The van der Waals surface area contributed by atoms with E-state index in [0.29, 0.717) is 6.42 Å². The molecule has 7 heteroatoms. The summed E-state index contributed by atoms with van der Waals surface area (Å²) in [6, 6.07) is 8.29. The normalized spacial score (nSPS) is 17.0. The molecule has 1 heterocycles. The molecule has 2 N–H and O–H groups in total. The molecule has 1 atom stereocenters. The summed E-state index contributed by atoms with van der Waals surface area (Å²) in [5.41, 5.74) is 1.17. The third-order valence-electron chi connectivity index (χ3n) is 4.29. The number of carbonyl (C=O) groups excluding carboxylic acids is 1. The zero-order valence-corrected chi connectivity index (χ0v) is 17.6. The van der Waals surface area contributed by atoms with Gasteiger partial charge < -0.3 is 20.3 Å². The number of methoxy groups -OCH3 is 1. The zero-order valence-electron chi connectivity index (χ0n) is 15.2. The fourth-order valence-corrected chi connectivity index (χ4v) is 2.94. The number of aliphatic imine (C=N–C) groups is 1. The summed E-state index contributed by atoms with van der Waals surface area (Å²) in [5.74, 6) is 1.91. The molecule has 1 amide bonds. The monoisotopic (exact) mass is 460 g/mol. The highest BCUT2D eigenvalue weighted by molar-refractivity contribution is 14.0. The third-order valence-corrected chi connectivity index (χ3v) is 4.29. The standard InChI is InChI=1S/C18H28N4O2.HI/c1-4-17(23)22-12-10-15(13-22)21-18(19-2)20-11-9-14-7-5-6-8-16(14)24-3;/h5-8,15H,4,9-13H2,1-3H3,(H2,19,20,21);1H. The molecule has 140 valence electrons. The summed E-state index contributed by atoms with van der Waals surface area (Å²) in [6.07, 6.45) is 2.38. The Kier molecular flexibility index (Phi) is 9.62. The molecular weight excluding hydrogens is 431 g/mol. The van der Waals surface area contributed by atoms with E-state index in [4.69, 9.17) is 4.74 Å². The quantitative estimate of drug-likeness (QED) is 0.388. The average molecular weight is 460 g/mol. The summed E-state index contributed by atoms with van der Waals surface area (Å²) in [7, 11) is 3.46. The van der Waals surface area contributed by atoms with Crippen molar-refractivity contribution in [3.8, 4) is 5.75 Å². The number of rotatable bonds is 6. The maximum absolute atomic E-state index is 11.7. The van der Waals surface area contributed by atoms with Gasteiger partial charge in [-0.15, -0.1) is 24.0 Å². The fourth-order valence-electron chi connectivity index (χ4n) is 2.94. The first-order chi connectivity index (χ1) is 11.7. The van der Waals surface area contributed by atoms with Gasteiger partial charge in [0.1, 0.15) is 5.75 Å². The molecule has 0 spiro atoms. The van der Waals surface area contributed by atoms with Crippen molar-refractivity contribution in [1.29, 1.82) is 0 Å². The Hall–Kier alpha value is -1.51.